The first-order chi connectivity index (χ1) is 12.0. The maximum atomic E-state index is 5.87. The summed E-state index contributed by atoms with van der Waals surface area (Å²) >= 11 is 11.1. The molecular weight excluding hydrogens is 391 g/mol. The average Bonchev–Trinajstić information content (AvgIpc) is 3.09. The van der Waals surface area contributed by atoms with E-state index in [2.05, 4.69) is 20.7 Å². The van der Waals surface area contributed by atoms with Crippen LogP contribution in [0.2, 0.25) is 5.02 Å². The largest absolute Gasteiger partial charge is 0.465 e. The molecule has 1 aromatic carbocycles. The van der Waals surface area contributed by atoms with Gasteiger partial charge in [0.1, 0.15) is 5.76 Å². The van der Waals surface area contributed by atoms with Crippen molar-refractivity contribution in [1.82, 2.24) is 10.3 Å². The molecule has 1 aromatic heterocycles. The van der Waals surface area contributed by atoms with Crippen LogP contribution in [0.15, 0.2) is 58.3 Å². The monoisotopic (exact) mass is 412 g/mol. The Balaban J connectivity index is 0.00000338. The van der Waals surface area contributed by atoms with E-state index in [4.69, 9.17) is 28.2 Å². The third-order valence-electron chi connectivity index (χ3n) is 3.20. The van der Waals surface area contributed by atoms with Crippen molar-refractivity contribution in [2.45, 2.75) is 6.42 Å². The summed E-state index contributed by atoms with van der Waals surface area (Å²) < 4.78 is 5.30. The van der Waals surface area contributed by atoms with Gasteiger partial charge in [0.15, 0.2) is 5.11 Å². The number of halogens is 2. The number of nitrogens with one attached hydrogen (secondary N) is 2. The van der Waals surface area contributed by atoms with Gasteiger partial charge >= 0.3 is 0 Å². The fraction of sp³-hybridized carbons (Fsp3) is 0.222. The van der Waals surface area contributed by atoms with E-state index >= 15 is 0 Å². The molecule has 8 heteroatoms. The van der Waals surface area contributed by atoms with E-state index in [1.807, 2.05) is 50.5 Å². The minimum Gasteiger partial charge on any atom is -0.465 e. The Bertz CT molecular complexity index is 728. The lowest BCUT2D eigenvalue weighted by Gasteiger charge is -2.11. The molecule has 0 aliphatic heterocycles. The van der Waals surface area contributed by atoms with E-state index in [-0.39, 0.29) is 12.4 Å². The van der Waals surface area contributed by atoms with E-state index in [1.54, 1.807) is 18.4 Å². The van der Waals surface area contributed by atoms with E-state index in [9.17, 15) is 0 Å². The lowest BCUT2D eigenvalue weighted by atomic mass is 10.2. The predicted molar refractivity (Wildman–Crippen MR) is 116 cm³/mol. The quantitative estimate of drug-likeness (QED) is 0.393. The fourth-order valence-electron chi connectivity index (χ4n) is 1.89. The van der Waals surface area contributed by atoms with Crippen molar-refractivity contribution in [3.8, 4) is 0 Å². The predicted octanol–water partition coefficient (Wildman–Crippen LogP) is 4.66. The molecule has 0 radical (unpaired) electrons. The summed E-state index contributed by atoms with van der Waals surface area (Å²) in [6, 6.07) is 11.0. The molecule has 0 aliphatic rings. The standard InChI is InChI=1S/C18H21ClN4OS.ClH/c1-23(2)12-11-16(9-10-17-4-3-13-24-17)21-22-18(25)20-15-7-5-14(19)6-8-15;/h3-10,13H,11-12H2,1-2H3,(H2,20,22,25);1H/b10-9?,21-16-;. The summed E-state index contributed by atoms with van der Waals surface area (Å²) in [5.74, 6) is 0.777. The van der Waals surface area contributed by atoms with Gasteiger partial charge in [-0.3, -0.25) is 5.43 Å². The van der Waals surface area contributed by atoms with Gasteiger partial charge in [-0.25, -0.2) is 0 Å². The third kappa shape index (κ3) is 8.49. The maximum absolute atomic E-state index is 5.87. The van der Waals surface area contributed by atoms with Gasteiger partial charge in [0.25, 0.3) is 0 Å². The van der Waals surface area contributed by atoms with E-state index in [0.717, 1.165) is 30.1 Å². The first-order valence-corrected chi connectivity index (χ1v) is 8.57. The minimum atomic E-state index is 0. The smallest absolute Gasteiger partial charge is 0.191 e. The number of thiocarbonyl (C=S) groups is 1. The number of allylic oxidation sites excluding steroid dienone is 1. The second-order valence-corrected chi connectivity index (χ2v) is 6.42. The first kappa shape index (κ1) is 22.2. The van der Waals surface area contributed by atoms with Gasteiger partial charge in [-0.2, -0.15) is 5.10 Å². The van der Waals surface area contributed by atoms with Gasteiger partial charge < -0.3 is 14.6 Å². The van der Waals surface area contributed by atoms with Crippen molar-refractivity contribution in [1.29, 1.82) is 0 Å². The van der Waals surface area contributed by atoms with Crippen LogP contribution in [0.5, 0.6) is 0 Å². The van der Waals surface area contributed by atoms with Crippen molar-refractivity contribution < 1.29 is 4.42 Å². The summed E-state index contributed by atoms with van der Waals surface area (Å²) in [7, 11) is 4.04. The number of furan rings is 1. The van der Waals surface area contributed by atoms with E-state index in [0.29, 0.717) is 10.1 Å². The molecule has 0 fully saturated rings. The SMILES string of the molecule is CN(C)CC/C(C=Cc1ccco1)=N\NC(=S)Nc1ccc(Cl)cc1.Cl. The highest BCUT2D eigenvalue weighted by Gasteiger charge is 2.01. The van der Waals surface area contributed by atoms with Crippen LogP contribution < -0.4 is 10.7 Å². The maximum Gasteiger partial charge on any atom is 0.191 e. The number of rotatable bonds is 7. The van der Waals surface area contributed by atoms with Gasteiger partial charge in [0.05, 0.1) is 12.0 Å². The van der Waals surface area contributed by atoms with Gasteiger partial charge in [-0.15, -0.1) is 12.4 Å². The Kier molecular flexibility index (Phi) is 9.98. The second-order valence-electron chi connectivity index (χ2n) is 5.58. The molecular formula is C18H22Cl2N4OS. The lowest BCUT2D eigenvalue weighted by molar-refractivity contribution is 0.422. The number of benzene rings is 1. The molecule has 0 unspecified atom stereocenters. The molecule has 0 atom stereocenters. The molecule has 0 amide bonds. The zero-order valence-corrected chi connectivity index (χ0v) is 17.0. The highest BCUT2D eigenvalue weighted by atomic mass is 35.5. The Labute approximate surface area is 170 Å². The van der Waals surface area contributed by atoms with Crippen molar-refractivity contribution >= 4 is 58.8 Å². The summed E-state index contributed by atoms with van der Waals surface area (Å²) in [6.45, 7) is 0.875. The Morgan fingerprint density at radius 3 is 2.62 bits per heavy atom. The van der Waals surface area contributed by atoms with Crippen LogP contribution in [0.3, 0.4) is 0 Å². The molecule has 0 saturated carbocycles. The summed E-state index contributed by atoms with van der Waals surface area (Å²) in [6.07, 6.45) is 6.21. The molecule has 1 heterocycles. The number of hydrogen-bond acceptors (Lipinski definition) is 4. The number of hydrazone groups is 1. The Morgan fingerprint density at radius 1 is 1.27 bits per heavy atom. The van der Waals surface area contributed by atoms with Crippen LogP contribution in [0.4, 0.5) is 5.69 Å². The molecule has 2 aromatic rings. The molecule has 0 saturated heterocycles. The Morgan fingerprint density at radius 2 is 2.00 bits per heavy atom. The minimum absolute atomic E-state index is 0. The summed E-state index contributed by atoms with van der Waals surface area (Å²) in [4.78, 5) is 2.10. The van der Waals surface area contributed by atoms with Gasteiger partial charge in [-0.1, -0.05) is 11.6 Å². The van der Waals surface area contributed by atoms with Crippen LogP contribution in [0, 0.1) is 0 Å². The molecule has 26 heavy (non-hydrogen) atoms. The molecule has 5 nitrogen and oxygen atoms in total. The van der Waals surface area contributed by atoms with Crippen LogP contribution in [0.25, 0.3) is 6.08 Å². The van der Waals surface area contributed by atoms with Crippen molar-refractivity contribution in [3.05, 3.63) is 59.5 Å². The number of hydrogen-bond donors (Lipinski definition) is 2. The normalized spacial score (nSPS) is 11.5. The van der Waals surface area contributed by atoms with Crippen molar-refractivity contribution in [2.24, 2.45) is 5.10 Å². The Hall–Kier alpha value is -1.86. The molecule has 0 spiro atoms. The van der Waals surface area contributed by atoms with Gasteiger partial charge in [0.2, 0.25) is 0 Å². The highest BCUT2D eigenvalue weighted by Crippen LogP contribution is 2.13. The molecule has 140 valence electrons. The highest BCUT2D eigenvalue weighted by molar-refractivity contribution is 7.80. The third-order valence-corrected chi connectivity index (χ3v) is 3.65. The van der Waals surface area contributed by atoms with Crippen LogP contribution in [0.1, 0.15) is 12.2 Å². The molecule has 0 aliphatic carbocycles. The molecule has 2 rings (SSSR count). The summed E-state index contributed by atoms with van der Waals surface area (Å²) in [5.41, 5.74) is 4.59. The zero-order chi connectivity index (χ0) is 18.1. The zero-order valence-electron chi connectivity index (χ0n) is 14.6. The van der Waals surface area contributed by atoms with Crippen LogP contribution >= 0.6 is 36.2 Å². The van der Waals surface area contributed by atoms with Crippen molar-refractivity contribution in [2.75, 3.05) is 26.0 Å². The average molecular weight is 413 g/mol. The molecule has 2 N–H and O–H groups in total. The van der Waals surface area contributed by atoms with Crippen molar-refractivity contribution in [3.63, 3.8) is 0 Å². The van der Waals surface area contributed by atoms with Gasteiger partial charge in [0, 0.05) is 23.7 Å². The second kappa shape index (κ2) is 11.7. The number of anilines is 1. The van der Waals surface area contributed by atoms with E-state index < -0.39 is 0 Å². The topological polar surface area (TPSA) is 52.8 Å². The summed E-state index contributed by atoms with van der Waals surface area (Å²) in [5, 5.41) is 8.54. The first-order valence-electron chi connectivity index (χ1n) is 7.78. The van der Waals surface area contributed by atoms with Crippen LogP contribution in [-0.2, 0) is 0 Å². The number of nitrogens with zero attached hydrogens (tertiary/aromatic N) is 2. The lowest BCUT2D eigenvalue weighted by Crippen LogP contribution is -2.25. The fourth-order valence-corrected chi connectivity index (χ4v) is 2.18. The van der Waals surface area contributed by atoms with Crippen LogP contribution in [-0.4, -0.2) is 36.4 Å². The van der Waals surface area contributed by atoms with E-state index in [1.165, 1.54) is 0 Å². The molecule has 0 bridgehead atoms. The van der Waals surface area contributed by atoms with Gasteiger partial charge in [-0.05, 0) is 74.9 Å².